The van der Waals surface area contributed by atoms with Gasteiger partial charge >= 0.3 is 5.97 Å². The molecule has 1 N–H and O–H groups in total. The van der Waals surface area contributed by atoms with Gasteiger partial charge in [-0.2, -0.15) is 0 Å². The third-order valence-electron chi connectivity index (χ3n) is 3.56. The molecule has 0 atom stereocenters. The van der Waals surface area contributed by atoms with E-state index in [-0.39, 0.29) is 12.2 Å². The molecule has 7 heteroatoms. The van der Waals surface area contributed by atoms with Crippen molar-refractivity contribution in [1.82, 2.24) is 4.98 Å². The first-order valence-electron chi connectivity index (χ1n) is 7.48. The third-order valence-corrected chi connectivity index (χ3v) is 4.68. The number of fused-ring (bicyclic) bond motifs is 1. The number of ether oxygens (including phenoxy) is 1. The van der Waals surface area contributed by atoms with Gasteiger partial charge in [0.2, 0.25) is 0 Å². The van der Waals surface area contributed by atoms with Gasteiger partial charge < -0.3 is 10.1 Å². The van der Waals surface area contributed by atoms with E-state index in [4.69, 9.17) is 39.5 Å². The van der Waals surface area contributed by atoms with Crippen LogP contribution >= 0.6 is 34.8 Å². The molecule has 4 nitrogen and oxygen atoms in total. The first-order valence-corrected chi connectivity index (χ1v) is 8.61. The molecular formula is C18H13Cl3N2O2. The zero-order valence-electron chi connectivity index (χ0n) is 13.1. The molecule has 1 aromatic heterocycles. The van der Waals surface area contributed by atoms with Gasteiger partial charge in [-0.3, -0.25) is 4.98 Å². The van der Waals surface area contributed by atoms with E-state index in [1.54, 1.807) is 31.2 Å². The van der Waals surface area contributed by atoms with Crippen LogP contribution in [0.25, 0.3) is 10.9 Å². The lowest BCUT2D eigenvalue weighted by Crippen LogP contribution is -2.09. The molecule has 0 aliphatic carbocycles. The van der Waals surface area contributed by atoms with Crippen molar-refractivity contribution < 1.29 is 9.53 Å². The van der Waals surface area contributed by atoms with Crippen LogP contribution < -0.4 is 5.32 Å². The second-order valence-electron chi connectivity index (χ2n) is 5.13. The Morgan fingerprint density at radius 2 is 1.88 bits per heavy atom. The number of para-hydroxylation sites is 1. The smallest absolute Gasteiger partial charge is 0.341 e. The molecule has 25 heavy (non-hydrogen) atoms. The first kappa shape index (κ1) is 17.8. The SMILES string of the molecule is CCOC(=O)c1cnc2c(Cl)c(Cl)ccc2c1Nc1ccccc1Cl. The van der Waals surface area contributed by atoms with Crippen molar-refractivity contribution in [3.05, 3.63) is 63.2 Å². The summed E-state index contributed by atoms with van der Waals surface area (Å²) in [5, 5.41) is 5.05. The van der Waals surface area contributed by atoms with Crippen LogP contribution in [0.5, 0.6) is 0 Å². The van der Waals surface area contributed by atoms with E-state index in [0.717, 1.165) is 0 Å². The van der Waals surface area contributed by atoms with Gasteiger partial charge in [0.1, 0.15) is 5.56 Å². The van der Waals surface area contributed by atoms with Gasteiger partial charge in [0.05, 0.1) is 38.6 Å². The summed E-state index contributed by atoms with van der Waals surface area (Å²) in [6.07, 6.45) is 1.42. The molecule has 0 fully saturated rings. The number of benzene rings is 2. The molecule has 0 bridgehead atoms. The Balaban J connectivity index is 2.24. The van der Waals surface area contributed by atoms with E-state index in [0.29, 0.717) is 37.3 Å². The predicted octanol–water partition coefficient (Wildman–Crippen LogP) is 6.12. The fraction of sp³-hybridized carbons (Fsp3) is 0.111. The van der Waals surface area contributed by atoms with Crippen LogP contribution in [-0.4, -0.2) is 17.6 Å². The second kappa shape index (κ2) is 7.48. The fourth-order valence-electron chi connectivity index (χ4n) is 2.40. The minimum atomic E-state index is -0.488. The Bertz CT molecular complexity index is 960. The molecule has 0 saturated heterocycles. The summed E-state index contributed by atoms with van der Waals surface area (Å²) in [6.45, 7) is 1.99. The van der Waals surface area contributed by atoms with Crippen molar-refractivity contribution in [2.24, 2.45) is 0 Å². The quantitative estimate of drug-likeness (QED) is 0.541. The lowest BCUT2D eigenvalue weighted by Gasteiger charge is -2.15. The Labute approximate surface area is 159 Å². The number of nitrogens with one attached hydrogen (secondary N) is 1. The van der Waals surface area contributed by atoms with Gasteiger partial charge in [-0.1, -0.05) is 46.9 Å². The van der Waals surface area contributed by atoms with Crippen molar-refractivity contribution in [3.8, 4) is 0 Å². The van der Waals surface area contributed by atoms with Crippen molar-refractivity contribution in [3.63, 3.8) is 0 Å². The van der Waals surface area contributed by atoms with Crippen molar-refractivity contribution in [2.45, 2.75) is 6.92 Å². The molecule has 0 aliphatic rings. The highest BCUT2D eigenvalue weighted by molar-refractivity contribution is 6.45. The largest absolute Gasteiger partial charge is 0.462 e. The predicted molar refractivity (Wildman–Crippen MR) is 102 cm³/mol. The van der Waals surface area contributed by atoms with Crippen LogP contribution in [-0.2, 0) is 4.74 Å². The lowest BCUT2D eigenvalue weighted by atomic mass is 10.1. The standard InChI is InChI=1S/C18H13Cl3N2O2/c1-2-25-18(24)11-9-22-17-10(7-8-13(20)15(17)21)16(11)23-14-6-4-3-5-12(14)19/h3-9H,2H2,1H3,(H,22,23). The van der Waals surface area contributed by atoms with Gasteiger partial charge in [0, 0.05) is 11.6 Å². The minimum Gasteiger partial charge on any atom is -0.462 e. The van der Waals surface area contributed by atoms with Crippen molar-refractivity contribution in [1.29, 1.82) is 0 Å². The summed E-state index contributed by atoms with van der Waals surface area (Å²) in [7, 11) is 0. The van der Waals surface area contributed by atoms with E-state index in [2.05, 4.69) is 10.3 Å². The highest BCUT2D eigenvalue weighted by Gasteiger charge is 2.19. The minimum absolute atomic E-state index is 0.254. The van der Waals surface area contributed by atoms with Crippen LogP contribution in [0.15, 0.2) is 42.6 Å². The van der Waals surface area contributed by atoms with Crippen LogP contribution in [0.2, 0.25) is 15.1 Å². The normalized spacial score (nSPS) is 10.7. The summed E-state index contributed by atoms with van der Waals surface area (Å²) in [5.74, 6) is -0.488. The van der Waals surface area contributed by atoms with E-state index in [1.165, 1.54) is 6.20 Å². The summed E-state index contributed by atoms with van der Waals surface area (Å²) in [5.41, 5.74) is 1.92. The molecule has 0 radical (unpaired) electrons. The number of carbonyl (C=O) groups excluding carboxylic acids is 1. The monoisotopic (exact) mass is 394 g/mol. The van der Waals surface area contributed by atoms with Gasteiger partial charge in [-0.25, -0.2) is 4.79 Å². The topological polar surface area (TPSA) is 51.2 Å². The lowest BCUT2D eigenvalue weighted by molar-refractivity contribution is 0.0527. The highest BCUT2D eigenvalue weighted by atomic mass is 35.5. The average Bonchev–Trinajstić information content (AvgIpc) is 2.60. The van der Waals surface area contributed by atoms with E-state index in [9.17, 15) is 4.79 Å². The molecule has 0 spiro atoms. The number of rotatable bonds is 4. The average molecular weight is 396 g/mol. The number of anilines is 2. The van der Waals surface area contributed by atoms with Gasteiger partial charge in [0.15, 0.2) is 0 Å². The summed E-state index contributed by atoms with van der Waals surface area (Å²) >= 11 is 18.6. The maximum atomic E-state index is 12.3. The van der Waals surface area contributed by atoms with Crippen molar-refractivity contribution >= 4 is 63.0 Å². The number of nitrogens with zero attached hydrogens (tertiary/aromatic N) is 1. The van der Waals surface area contributed by atoms with Gasteiger partial charge in [-0.15, -0.1) is 0 Å². The van der Waals surface area contributed by atoms with E-state index >= 15 is 0 Å². The maximum absolute atomic E-state index is 12.3. The summed E-state index contributed by atoms with van der Waals surface area (Å²) < 4.78 is 5.13. The highest BCUT2D eigenvalue weighted by Crippen LogP contribution is 2.37. The van der Waals surface area contributed by atoms with E-state index < -0.39 is 5.97 Å². The summed E-state index contributed by atoms with van der Waals surface area (Å²) in [4.78, 5) is 16.6. The third kappa shape index (κ3) is 3.52. The number of esters is 1. The zero-order valence-corrected chi connectivity index (χ0v) is 15.4. The van der Waals surface area contributed by atoms with Crippen molar-refractivity contribution in [2.75, 3.05) is 11.9 Å². The molecule has 3 rings (SSSR count). The molecule has 1 heterocycles. The first-order chi connectivity index (χ1) is 12.0. The van der Waals surface area contributed by atoms with Gasteiger partial charge in [-0.05, 0) is 31.2 Å². The number of pyridine rings is 1. The molecule has 0 amide bonds. The maximum Gasteiger partial charge on any atom is 0.341 e. The zero-order chi connectivity index (χ0) is 18.0. The molecule has 2 aromatic carbocycles. The summed E-state index contributed by atoms with van der Waals surface area (Å²) in [6, 6.07) is 10.6. The molecular weight excluding hydrogens is 383 g/mol. The molecule has 0 unspecified atom stereocenters. The Morgan fingerprint density at radius 3 is 2.60 bits per heavy atom. The Kier molecular flexibility index (Phi) is 5.33. The number of carbonyl (C=O) groups is 1. The number of halogens is 3. The fourth-order valence-corrected chi connectivity index (χ4v) is 2.95. The number of aromatic nitrogens is 1. The van der Waals surface area contributed by atoms with Gasteiger partial charge in [0.25, 0.3) is 0 Å². The van der Waals surface area contributed by atoms with E-state index in [1.807, 2.05) is 12.1 Å². The Hall–Kier alpha value is -2.01. The Morgan fingerprint density at radius 1 is 1.12 bits per heavy atom. The van der Waals surface area contributed by atoms with Crippen LogP contribution in [0.4, 0.5) is 11.4 Å². The number of hydrogen-bond donors (Lipinski definition) is 1. The van der Waals surface area contributed by atoms with Crippen LogP contribution in [0.3, 0.4) is 0 Å². The van der Waals surface area contributed by atoms with Crippen LogP contribution in [0.1, 0.15) is 17.3 Å². The molecule has 0 saturated carbocycles. The number of hydrogen-bond acceptors (Lipinski definition) is 4. The molecule has 128 valence electrons. The van der Waals surface area contributed by atoms with Crippen LogP contribution in [0, 0.1) is 0 Å². The molecule has 3 aromatic rings. The second-order valence-corrected chi connectivity index (χ2v) is 6.32. The molecule has 0 aliphatic heterocycles.